The Morgan fingerprint density at radius 1 is 1.29 bits per heavy atom. The molecule has 2 aromatic heterocycles. The third-order valence-corrected chi connectivity index (χ3v) is 2.75. The fourth-order valence-corrected chi connectivity index (χ4v) is 1.65. The lowest BCUT2D eigenvalue weighted by molar-refractivity contribution is 0.899. The second-order valence-corrected chi connectivity index (χ2v) is 4.00. The Labute approximate surface area is 101 Å². The van der Waals surface area contributed by atoms with Crippen LogP contribution >= 0.6 is 0 Å². The van der Waals surface area contributed by atoms with Gasteiger partial charge in [-0.1, -0.05) is 0 Å². The second kappa shape index (κ2) is 4.53. The first-order chi connectivity index (χ1) is 8.13. The summed E-state index contributed by atoms with van der Waals surface area (Å²) in [7, 11) is 1.94. The summed E-state index contributed by atoms with van der Waals surface area (Å²) in [4.78, 5) is 13.3. The first kappa shape index (κ1) is 11.6. The molecular formula is C12H17N5. The second-order valence-electron chi connectivity index (χ2n) is 4.00. The SMILES string of the molecule is CCNc1nc(-c2nccn2C)nc(C)c1C. The lowest BCUT2D eigenvalue weighted by Gasteiger charge is -2.10. The van der Waals surface area contributed by atoms with Crippen molar-refractivity contribution in [2.75, 3.05) is 11.9 Å². The van der Waals surface area contributed by atoms with Gasteiger partial charge in [-0.2, -0.15) is 0 Å². The first-order valence-corrected chi connectivity index (χ1v) is 5.70. The fourth-order valence-electron chi connectivity index (χ4n) is 1.65. The van der Waals surface area contributed by atoms with E-state index in [1.807, 2.05) is 31.7 Å². The smallest absolute Gasteiger partial charge is 0.198 e. The predicted molar refractivity (Wildman–Crippen MR) is 67.9 cm³/mol. The van der Waals surface area contributed by atoms with Crippen LogP contribution < -0.4 is 5.32 Å². The van der Waals surface area contributed by atoms with Gasteiger partial charge in [-0.25, -0.2) is 15.0 Å². The lowest BCUT2D eigenvalue weighted by atomic mass is 10.2. The van der Waals surface area contributed by atoms with Gasteiger partial charge in [0.15, 0.2) is 11.6 Å². The number of nitrogens with one attached hydrogen (secondary N) is 1. The van der Waals surface area contributed by atoms with Gasteiger partial charge in [0.1, 0.15) is 5.82 Å². The van der Waals surface area contributed by atoms with Crippen LogP contribution in [-0.4, -0.2) is 26.1 Å². The highest BCUT2D eigenvalue weighted by atomic mass is 15.1. The van der Waals surface area contributed by atoms with Crippen molar-refractivity contribution in [1.82, 2.24) is 19.5 Å². The van der Waals surface area contributed by atoms with Crippen molar-refractivity contribution in [3.05, 3.63) is 23.7 Å². The van der Waals surface area contributed by atoms with Gasteiger partial charge in [-0.3, -0.25) is 0 Å². The van der Waals surface area contributed by atoms with Gasteiger partial charge in [0.05, 0.1) is 0 Å². The zero-order chi connectivity index (χ0) is 12.4. The van der Waals surface area contributed by atoms with Crippen LogP contribution in [0.4, 0.5) is 5.82 Å². The van der Waals surface area contributed by atoms with E-state index in [4.69, 9.17) is 0 Å². The molecule has 0 radical (unpaired) electrons. The Balaban J connectivity index is 2.53. The zero-order valence-electron chi connectivity index (χ0n) is 10.7. The van der Waals surface area contributed by atoms with Gasteiger partial charge in [-0.15, -0.1) is 0 Å². The maximum atomic E-state index is 4.52. The van der Waals surface area contributed by atoms with Gasteiger partial charge in [0, 0.05) is 37.2 Å². The number of anilines is 1. The minimum Gasteiger partial charge on any atom is -0.370 e. The summed E-state index contributed by atoms with van der Waals surface area (Å²) < 4.78 is 1.92. The summed E-state index contributed by atoms with van der Waals surface area (Å²) >= 11 is 0. The molecule has 17 heavy (non-hydrogen) atoms. The van der Waals surface area contributed by atoms with Crippen LogP contribution in [0.1, 0.15) is 18.2 Å². The maximum absolute atomic E-state index is 4.52. The van der Waals surface area contributed by atoms with E-state index in [9.17, 15) is 0 Å². The Hall–Kier alpha value is -1.91. The first-order valence-electron chi connectivity index (χ1n) is 5.70. The average molecular weight is 231 g/mol. The highest BCUT2D eigenvalue weighted by Gasteiger charge is 2.11. The molecule has 0 saturated heterocycles. The molecule has 0 spiro atoms. The molecule has 0 aliphatic carbocycles. The van der Waals surface area contributed by atoms with E-state index in [1.165, 1.54) is 0 Å². The molecular weight excluding hydrogens is 214 g/mol. The van der Waals surface area contributed by atoms with E-state index in [2.05, 4.69) is 27.2 Å². The van der Waals surface area contributed by atoms with Gasteiger partial charge in [-0.05, 0) is 20.8 Å². The van der Waals surface area contributed by atoms with Gasteiger partial charge >= 0.3 is 0 Å². The van der Waals surface area contributed by atoms with Gasteiger partial charge in [0.2, 0.25) is 0 Å². The highest BCUT2D eigenvalue weighted by molar-refractivity contribution is 5.54. The van der Waals surface area contributed by atoms with E-state index in [0.717, 1.165) is 29.4 Å². The van der Waals surface area contributed by atoms with E-state index in [1.54, 1.807) is 6.20 Å². The van der Waals surface area contributed by atoms with Crippen molar-refractivity contribution >= 4 is 5.82 Å². The van der Waals surface area contributed by atoms with Gasteiger partial charge < -0.3 is 9.88 Å². The van der Waals surface area contributed by atoms with Crippen LogP contribution in [0.15, 0.2) is 12.4 Å². The number of imidazole rings is 1. The minimum absolute atomic E-state index is 0.663. The number of rotatable bonds is 3. The molecule has 0 atom stereocenters. The standard InChI is InChI=1S/C12H17N5/c1-5-13-10-8(2)9(3)15-11(16-10)12-14-6-7-17(12)4/h6-7H,5H2,1-4H3,(H,13,15,16). The summed E-state index contributed by atoms with van der Waals surface area (Å²) in [6.07, 6.45) is 3.64. The molecule has 0 saturated carbocycles. The number of aromatic nitrogens is 4. The van der Waals surface area contributed by atoms with E-state index in [0.29, 0.717) is 5.82 Å². The summed E-state index contributed by atoms with van der Waals surface area (Å²) in [6, 6.07) is 0. The highest BCUT2D eigenvalue weighted by Crippen LogP contribution is 2.19. The van der Waals surface area contributed by atoms with E-state index < -0.39 is 0 Å². The van der Waals surface area contributed by atoms with Crippen molar-refractivity contribution in [1.29, 1.82) is 0 Å². The molecule has 0 aliphatic rings. The number of nitrogens with zero attached hydrogens (tertiary/aromatic N) is 4. The molecule has 0 amide bonds. The van der Waals surface area contributed by atoms with E-state index >= 15 is 0 Å². The zero-order valence-corrected chi connectivity index (χ0v) is 10.7. The Morgan fingerprint density at radius 2 is 2.06 bits per heavy atom. The molecule has 0 aromatic carbocycles. The van der Waals surface area contributed by atoms with Crippen LogP contribution in [0.5, 0.6) is 0 Å². The number of hydrogen-bond donors (Lipinski definition) is 1. The molecule has 2 heterocycles. The minimum atomic E-state index is 0.663. The van der Waals surface area contributed by atoms with E-state index in [-0.39, 0.29) is 0 Å². The third kappa shape index (κ3) is 2.13. The number of aryl methyl sites for hydroxylation is 2. The molecule has 1 N–H and O–H groups in total. The van der Waals surface area contributed by atoms with Crippen molar-refractivity contribution < 1.29 is 0 Å². The van der Waals surface area contributed by atoms with Crippen molar-refractivity contribution in [2.45, 2.75) is 20.8 Å². The maximum Gasteiger partial charge on any atom is 0.198 e. The number of hydrogen-bond acceptors (Lipinski definition) is 4. The van der Waals surface area contributed by atoms with Crippen LogP contribution in [0, 0.1) is 13.8 Å². The Bertz CT molecular complexity index is 530. The van der Waals surface area contributed by atoms with Crippen molar-refractivity contribution in [2.24, 2.45) is 7.05 Å². The molecule has 2 rings (SSSR count). The Kier molecular flexibility index (Phi) is 3.08. The predicted octanol–water partition coefficient (Wildman–Crippen LogP) is 1.93. The summed E-state index contributed by atoms with van der Waals surface area (Å²) in [5.41, 5.74) is 2.07. The summed E-state index contributed by atoms with van der Waals surface area (Å²) in [5.74, 6) is 2.34. The molecule has 0 aliphatic heterocycles. The normalized spacial score (nSPS) is 10.6. The van der Waals surface area contributed by atoms with Crippen molar-refractivity contribution in [3.63, 3.8) is 0 Å². The van der Waals surface area contributed by atoms with Crippen LogP contribution in [-0.2, 0) is 7.05 Å². The van der Waals surface area contributed by atoms with Gasteiger partial charge in [0.25, 0.3) is 0 Å². The molecule has 90 valence electrons. The topological polar surface area (TPSA) is 55.6 Å². The average Bonchev–Trinajstić information content (AvgIpc) is 2.71. The lowest BCUT2D eigenvalue weighted by Crippen LogP contribution is -2.07. The molecule has 2 aromatic rings. The fraction of sp³-hybridized carbons (Fsp3) is 0.417. The molecule has 0 bridgehead atoms. The Morgan fingerprint density at radius 3 is 2.65 bits per heavy atom. The monoisotopic (exact) mass is 231 g/mol. The summed E-state index contributed by atoms with van der Waals surface area (Å²) in [6.45, 7) is 6.91. The quantitative estimate of drug-likeness (QED) is 0.877. The largest absolute Gasteiger partial charge is 0.370 e. The van der Waals surface area contributed by atoms with Crippen LogP contribution in [0.2, 0.25) is 0 Å². The molecule has 5 heteroatoms. The van der Waals surface area contributed by atoms with Crippen molar-refractivity contribution in [3.8, 4) is 11.6 Å². The molecule has 5 nitrogen and oxygen atoms in total. The molecule has 0 fully saturated rings. The summed E-state index contributed by atoms with van der Waals surface area (Å²) in [5, 5.41) is 3.25. The third-order valence-electron chi connectivity index (χ3n) is 2.75. The van der Waals surface area contributed by atoms with Crippen LogP contribution in [0.3, 0.4) is 0 Å². The molecule has 0 unspecified atom stereocenters. The van der Waals surface area contributed by atoms with Crippen LogP contribution in [0.25, 0.3) is 11.6 Å².